The van der Waals surface area contributed by atoms with E-state index < -0.39 is 12.1 Å². The number of fused-ring (bicyclic) bond motifs is 1. The fourth-order valence-electron chi connectivity index (χ4n) is 1.65. The number of benzene rings is 1. The maximum absolute atomic E-state index is 12.1. The highest BCUT2D eigenvalue weighted by molar-refractivity contribution is 5.82. The van der Waals surface area contributed by atoms with Gasteiger partial charge in [0, 0.05) is 7.05 Å². The molecule has 0 radical (unpaired) electrons. The zero-order valence-corrected chi connectivity index (χ0v) is 10.3. The summed E-state index contributed by atoms with van der Waals surface area (Å²) in [6.45, 7) is 1.83. The second kappa shape index (κ2) is 4.96. The van der Waals surface area contributed by atoms with Crippen molar-refractivity contribution in [1.82, 2.24) is 4.90 Å². The van der Waals surface area contributed by atoms with E-state index in [1.54, 1.807) is 26.1 Å². The van der Waals surface area contributed by atoms with Crippen LogP contribution in [-0.4, -0.2) is 36.6 Å². The summed E-state index contributed by atoms with van der Waals surface area (Å²) >= 11 is 0. The van der Waals surface area contributed by atoms with Gasteiger partial charge in [0.1, 0.15) is 12.6 Å². The molecule has 1 aliphatic rings. The lowest BCUT2D eigenvalue weighted by atomic mass is 10.2. The van der Waals surface area contributed by atoms with Crippen molar-refractivity contribution in [2.45, 2.75) is 19.1 Å². The molecular weight excluding hydrogens is 232 g/mol. The van der Waals surface area contributed by atoms with Gasteiger partial charge in [0.25, 0.3) is 5.91 Å². The Morgan fingerprint density at radius 2 is 2.17 bits per heavy atom. The number of carbonyl (C=O) groups is 1. The highest BCUT2D eigenvalue weighted by Crippen LogP contribution is 2.31. The minimum Gasteiger partial charge on any atom is -0.485 e. The van der Waals surface area contributed by atoms with Gasteiger partial charge in [-0.25, -0.2) is 0 Å². The Labute approximate surface area is 106 Å². The van der Waals surface area contributed by atoms with Gasteiger partial charge in [-0.2, -0.15) is 5.26 Å². The molecule has 0 N–H and O–H groups in total. The van der Waals surface area contributed by atoms with E-state index in [1.807, 2.05) is 18.2 Å². The van der Waals surface area contributed by atoms with E-state index in [0.717, 1.165) is 0 Å². The van der Waals surface area contributed by atoms with E-state index >= 15 is 0 Å². The standard InChI is InChI=1S/C13H14N2O3/c1-9(7-14)15(2)13(16)12-8-17-10-5-3-4-6-11(10)18-12/h3-6,9,12H,8H2,1-2H3. The fourth-order valence-corrected chi connectivity index (χ4v) is 1.65. The Morgan fingerprint density at radius 1 is 1.50 bits per heavy atom. The number of nitrogens with zero attached hydrogens (tertiary/aromatic N) is 2. The summed E-state index contributed by atoms with van der Waals surface area (Å²) in [6, 6.07) is 8.72. The van der Waals surface area contributed by atoms with Crippen molar-refractivity contribution < 1.29 is 14.3 Å². The first kappa shape index (κ1) is 12.2. The summed E-state index contributed by atoms with van der Waals surface area (Å²) < 4.78 is 11.0. The minimum atomic E-state index is -0.694. The first-order chi connectivity index (χ1) is 8.63. The number of hydrogen-bond acceptors (Lipinski definition) is 4. The molecule has 1 aromatic carbocycles. The first-order valence-electron chi connectivity index (χ1n) is 5.68. The largest absolute Gasteiger partial charge is 0.485 e. The first-order valence-corrected chi connectivity index (χ1v) is 5.68. The van der Waals surface area contributed by atoms with E-state index in [0.29, 0.717) is 11.5 Å². The summed E-state index contributed by atoms with van der Waals surface area (Å²) in [4.78, 5) is 13.4. The predicted molar refractivity (Wildman–Crippen MR) is 64.2 cm³/mol. The van der Waals surface area contributed by atoms with E-state index in [1.165, 1.54) is 4.90 Å². The smallest absolute Gasteiger partial charge is 0.268 e. The molecule has 1 aromatic rings. The van der Waals surface area contributed by atoms with Crippen molar-refractivity contribution in [2.24, 2.45) is 0 Å². The van der Waals surface area contributed by atoms with E-state index in [9.17, 15) is 4.79 Å². The summed E-state index contributed by atoms with van der Waals surface area (Å²) in [7, 11) is 1.58. The molecule has 2 unspecified atom stereocenters. The van der Waals surface area contributed by atoms with E-state index in [-0.39, 0.29) is 12.5 Å². The number of ether oxygens (including phenoxy) is 2. The van der Waals surface area contributed by atoms with Crippen molar-refractivity contribution in [3.05, 3.63) is 24.3 Å². The molecule has 0 saturated carbocycles. The van der Waals surface area contributed by atoms with Crippen LogP contribution < -0.4 is 9.47 Å². The average Bonchev–Trinajstić information content (AvgIpc) is 2.44. The molecule has 0 aromatic heterocycles. The van der Waals surface area contributed by atoms with Crippen LogP contribution in [0.15, 0.2) is 24.3 Å². The van der Waals surface area contributed by atoms with Crippen LogP contribution in [0.2, 0.25) is 0 Å². The lowest BCUT2D eigenvalue weighted by Crippen LogP contribution is -2.47. The Morgan fingerprint density at radius 3 is 2.83 bits per heavy atom. The van der Waals surface area contributed by atoms with E-state index in [2.05, 4.69) is 0 Å². The highest BCUT2D eigenvalue weighted by Gasteiger charge is 2.31. The molecule has 0 spiro atoms. The molecule has 2 rings (SSSR count). The number of hydrogen-bond donors (Lipinski definition) is 0. The van der Waals surface area contributed by atoms with Crippen LogP contribution in [0.3, 0.4) is 0 Å². The van der Waals surface area contributed by atoms with Gasteiger partial charge in [0.2, 0.25) is 6.10 Å². The number of likely N-dealkylation sites (N-methyl/N-ethyl adjacent to an activating group) is 1. The maximum atomic E-state index is 12.1. The number of rotatable bonds is 2. The molecule has 1 heterocycles. The molecule has 94 valence electrons. The summed E-state index contributed by atoms with van der Waals surface area (Å²) in [5.74, 6) is 0.941. The van der Waals surface area contributed by atoms with Crippen LogP contribution in [0.25, 0.3) is 0 Å². The number of amides is 1. The monoisotopic (exact) mass is 246 g/mol. The SMILES string of the molecule is CC(C#N)N(C)C(=O)C1COc2ccccc2O1. The molecule has 2 atom stereocenters. The van der Waals surface area contributed by atoms with Gasteiger partial charge in [-0.1, -0.05) is 12.1 Å². The van der Waals surface area contributed by atoms with Gasteiger partial charge >= 0.3 is 0 Å². The zero-order chi connectivity index (χ0) is 13.1. The van der Waals surface area contributed by atoms with Gasteiger partial charge in [0.05, 0.1) is 6.07 Å². The van der Waals surface area contributed by atoms with Crippen molar-refractivity contribution >= 4 is 5.91 Å². The lowest BCUT2D eigenvalue weighted by Gasteiger charge is -2.29. The quantitative estimate of drug-likeness (QED) is 0.786. The Bertz CT molecular complexity index is 495. The van der Waals surface area contributed by atoms with Crippen LogP contribution in [0.4, 0.5) is 0 Å². The molecule has 1 amide bonds. The second-order valence-electron chi connectivity index (χ2n) is 4.12. The van der Waals surface area contributed by atoms with Crippen molar-refractivity contribution in [3.8, 4) is 17.6 Å². The molecule has 0 aliphatic carbocycles. The summed E-state index contributed by atoms with van der Waals surface area (Å²) in [6.07, 6.45) is -0.694. The highest BCUT2D eigenvalue weighted by atomic mass is 16.6. The van der Waals surface area contributed by atoms with Crippen LogP contribution in [0.1, 0.15) is 6.92 Å². The average molecular weight is 246 g/mol. The topological polar surface area (TPSA) is 62.6 Å². The lowest BCUT2D eigenvalue weighted by molar-refractivity contribution is -0.140. The zero-order valence-electron chi connectivity index (χ0n) is 10.3. The van der Waals surface area contributed by atoms with Crippen LogP contribution in [-0.2, 0) is 4.79 Å². The molecular formula is C13H14N2O3. The van der Waals surface area contributed by atoms with Crippen molar-refractivity contribution in [3.63, 3.8) is 0 Å². The number of nitriles is 1. The third-order valence-corrected chi connectivity index (χ3v) is 2.90. The molecule has 5 heteroatoms. The van der Waals surface area contributed by atoms with Crippen LogP contribution in [0, 0.1) is 11.3 Å². The molecule has 5 nitrogen and oxygen atoms in total. The summed E-state index contributed by atoms with van der Waals surface area (Å²) in [5.41, 5.74) is 0. The third kappa shape index (κ3) is 2.23. The van der Waals surface area contributed by atoms with Gasteiger partial charge in [-0.15, -0.1) is 0 Å². The predicted octanol–water partition coefficient (Wildman–Crippen LogP) is 1.20. The van der Waals surface area contributed by atoms with Gasteiger partial charge in [0.15, 0.2) is 11.5 Å². The number of para-hydroxylation sites is 2. The normalized spacial score (nSPS) is 18.6. The Hall–Kier alpha value is -2.22. The Balaban J connectivity index is 2.10. The van der Waals surface area contributed by atoms with Crippen molar-refractivity contribution in [1.29, 1.82) is 5.26 Å². The van der Waals surface area contributed by atoms with Crippen molar-refractivity contribution in [2.75, 3.05) is 13.7 Å². The third-order valence-electron chi connectivity index (χ3n) is 2.90. The van der Waals surface area contributed by atoms with Gasteiger partial charge < -0.3 is 14.4 Å². The molecule has 18 heavy (non-hydrogen) atoms. The van der Waals surface area contributed by atoms with Gasteiger partial charge in [-0.3, -0.25) is 4.79 Å². The van der Waals surface area contributed by atoms with Crippen LogP contribution in [0.5, 0.6) is 11.5 Å². The fraction of sp³-hybridized carbons (Fsp3) is 0.385. The van der Waals surface area contributed by atoms with Gasteiger partial charge in [-0.05, 0) is 19.1 Å². The minimum absolute atomic E-state index is 0.165. The molecule has 0 saturated heterocycles. The van der Waals surface area contributed by atoms with E-state index in [4.69, 9.17) is 14.7 Å². The number of carbonyl (C=O) groups excluding carboxylic acids is 1. The Kier molecular flexibility index (Phi) is 3.38. The molecule has 1 aliphatic heterocycles. The maximum Gasteiger partial charge on any atom is 0.268 e. The summed E-state index contributed by atoms with van der Waals surface area (Å²) in [5, 5.41) is 8.79. The molecule has 0 fully saturated rings. The second-order valence-corrected chi connectivity index (χ2v) is 4.12. The molecule has 0 bridgehead atoms. The van der Waals surface area contributed by atoms with Crippen LogP contribution >= 0.6 is 0 Å².